The molecule has 1 fully saturated rings. The molecule has 1 unspecified atom stereocenters. The van der Waals surface area contributed by atoms with Crippen LogP contribution in [0.4, 0.5) is 0 Å². The van der Waals surface area contributed by atoms with Gasteiger partial charge >= 0.3 is 0 Å². The molecule has 2 heterocycles. The minimum absolute atomic E-state index is 0.102. The highest BCUT2D eigenvalue weighted by Gasteiger charge is 2.26. The standard InChI is InChI=1S/C13H22N4O3S/c1-16-9-11(6-12(16)13(14)18)21(19,20)17(2)8-10-4-3-5-15-7-10/h6,9-10,15H,3-5,7-8H2,1-2H3,(H2,14,18). The zero-order chi connectivity index (χ0) is 15.6. The van der Waals surface area contributed by atoms with Crippen molar-refractivity contribution in [2.75, 3.05) is 26.7 Å². The molecule has 0 saturated carbocycles. The predicted molar refractivity (Wildman–Crippen MR) is 79.3 cm³/mol. The number of aromatic nitrogens is 1. The maximum absolute atomic E-state index is 12.5. The van der Waals surface area contributed by atoms with Gasteiger partial charge in [-0.1, -0.05) is 0 Å². The Labute approximate surface area is 125 Å². The molecule has 1 aromatic heterocycles. The first kappa shape index (κ1) is 16.0. The van der Waals surface area contributed by atoms with E-state index in [9.17, 15) is 13.2 Å². The lowest BCUT2D eigenvalue weighted by atomic mass is 10.00. The van der Waals surface area contributed by atoms with Crippen molar-refractivity contribution in [3.05, 3.63) is 18.0 Å². The third kappa shape index (κ3) is 3.45. The molecule has 0 bridgehead atoms. The normalized spacial score (nSPS) is 19.9. The van der Waals surface area contributed by atoms with E-state index >= 15 is 0 Å². The van der Waals surface area contributed by atoms with Gasteiger partial charge in [-0.3, -0.25) is 4.79 Å². The van der Waals surface area contributed by atoms with Gasteiger partial charge in [-0.15, -0.1) is 0 Å². The Balaban J connectivity index is 2.16. The fraction of sp³-hybridized carbons (Fsp3) is 0.615. The highest BCUT2D eigenvalue weighted by atomic mass is 32.2. The van der Waals surface area contributed by atoms with Crippen LogP contribution in [0.3, 0.4) is 0 Å². The van der Waals surface area contributed by atoms with Crippen LogP contribution in [0.25, 0.3) is 0 Å². The van der Waals surface area contributed by atoms with E-state index in [2.05, 4.69) is 5.32 Å². The number of nitrogens with two attached hydrogens (primary N) is 1. The number of carbonyl (C=O) groups excluding carboxylic acids is 1. The van der Waals surface area contributed by atoms with Crippen LogP contribution in [-0.4, -0.2) is 49.9 Å². The summed E-state index contributed by atoms with van der Waals surface area (Å²) in [6, 6.07) is 1.33. The Morgan fingerprint density at radius 1 is 1.57 bits per heavy atom. The molecule has 0 radical (unpaired) electrons. The van der Waals surface area contributed by atoms with Crippen molar-refractivity contribution in [2.24, 2.45) is 18.7 Å². The van der Waals surface area contributed by atoms with Crippen LogP contribution >= 0.6 is 0 Å². The zero-order valence-corrected chi connectivity index (χ0v) is 13.2. The molecule has 21 heavy (non-hydrogen) atoms. The van der Waals surface area contributed by atoms with Gasteiger partial charge in [-0.05, 0) is 37.9 Å². The van der Waals surface area contributed by atoms with Gasteiger partial charge in [0.15, 0.2) is 0 Å². The lowest BCUT2D eigenvalue weighted by Crippen LogP contribution is -2.39. The first-order valence-electron chi connectivity index (χ1n) is 6.95. The Kier molecular flexibility index (Phi) is 4.70. The molecule has 0 spiro atoms. The molecular formula is C13H22N4O3S. The van der Waals surface area contributed by atoms with Crippen molar-refractivity contribution in [3.8, 4) is 0 Å². The molecule has 1 aliphatic heterocycles. The number of piperidine rings is 1. The molecule has 1 aromatic rings. The van der Waals surface area contributed by atoms with E-state index in [1.54, 1.807) is 14.1 Å². The number of rotatable bonds is 5. The number of hydrogen-bond donors (Lipinski definition) is 2. The summed E-state index contributed by atoms with van der Waals surface area (Å²) in [6.07, 6.45) is 3.51. The smallest absolute Gasteiger partial charge is 0.265 e. The van der Waals surface area contributed by atoms with Crippen LogP contribution in [0.15, 0.2) is 17.2 Å². The topological polar surface area (TPSA) is 97.4 Å². The summed E-state index contributed by atoms with van der Waals surface area (Å²) < 4.78 is 27.9. The second kappa shape index (κ2) is 6.17. The minimum atomic E-state index is -3.60. The van der Waals surface area contributed by atoms with Crippen LogP contribution < -0.4 is 11.1 Å². The SMILES string of the molecule is CN(CC1CCCNC1)S(=O)(=O)c1cc(C(N)=O)n(C)c1. The molecule has 1 atom stereocenters. The van der Waals surface area contributed by atoms with Gasteiger partial charge in [0, 0.05) is 26.8 Å². The fourth-order valence-corrected chi connectivity index (χ4v) is 3.96. The van der Waals surface area contributed by atoms with Crippen LogP contribution in [-0.2, 0) is 17.1 Å². The highest BCUT2D eigenvalue weighted by Crippen LogP contribution is 2.20. The van der Waals surface area contributed by atoms with Gasteiger partial charge in [0.25, 0.3) is 5.91 Å². The highest BCUT2D eigenvalue weighted by molar-refractivity contribution is 7.89. The number of nitrogens with zero attached hydrogens (tertiary/aromatic N) is 2. The Bertz CT molecular complexity index is 617. The molecule has 2 rings (SSSR count). The number of amides is 1. The number of sulfonamides is 1. The first-order chi connectivity index (χ1) is 9.82. The van der Waals surface area contributed by atoms with E-state index in [1.165, 1.54) is 21.1 Å². The van der Waals surface area contributed by atoms with Gasteiger partial charge in [-0.25, -0.2) is 12.7 Å². The van der Waals surface area contributed by atoms with E-state index in [0.29, 0.717) is 12.5 Å². The minimum Gasteiger partial charge on any atom is -0.364 e. The van der Waals surface area contributed by atoms with E-state index in [-0.39, 0.29) is 10.6 Å². The molecule has 0 aromatic carbocycles. The molecule has 1 aliphatic rings. The summed E-state index contributed by atoms with van der Waals surface area (Å²) in [7, 11) is -0.425. The van der Waals surface area contributed by atoms with Crippen LogP contribution in [0.2, 0.25) is 0 Å². The van der Waals surface area contributed by atoms with Gasteiger partial charge in [0.05, 0.1) is 0 Å². The van der Waals surface area contributed by atoms with Gasteiger partial charge in [0.1, 0.15) is 10.6 Å². The number of aryl methyl sites for hydroxylation is 1. The molecule has 3 N–H and O–H groups in total. The summed E-state index contributed by atoms with van der Waals surface area (Å²) in [5.41, 5.74) is 5.40. The van der Waals surface area contributed by atoms with Crippen molar-refractivity contribution in [3.63, 3.8) is 0 Å². The summed E-state index contributed by atoms with van der Waals surface area (Å²) in [5, 5.41) is 3.27. The lowest BCUT2D eigenvalue weighted by molar-refractivity contribution is 0.0992. The second-order valence-corrected chi connectivity index (χ2v) is 7.58. The second-order valence-electron chi connectivity index (χ2n) is 5.53. The predicted octanol–water partition coefficient (Wildman–Crippen LogP) is -0.256. The molecular weight excluding hydrogens is 292 g/mol. The van der Waals surface area contributed by atoms with Crippen LogP contribution in [0, 0.1) is 5.92 Å². The Morgan fingerprint density at radius 3 is 2.81 bits per heavy atom. The molecule has 8 heteroatoms. The lowest BCUT2D eigenvalue weighted by Gasteiger charge is -2.27. The average Bonchev–Trinajstić information content (AvgIpc) is 2.82. The van der Waals surface area contributed by atoms with Crippen LogP contribution in [0.5, 0.6) is 0 Å². The van der Waals surface area contributed by atoms with Crippen molar-refractivity contribution in [2.45, 2.75) is 17.7 Å². The van der Waals surface area contributed by atoms with Crippen LogP contribution in [0.1, 0.15) is 23.3 Å². The maximum atomic E-state index is 12.5. The van der Waals surface area contributed by atoms with E-state index < -0.39 is 15.9 Å². The fourth-order valence-electron chi connectivity index (χ4n) is 2.64. The summed E-state index contributed by atoms with van der Waals surface area (Å²) >= 11 is 0. The number of carbonyl (C=O) groups is 1. The first-order valence-corrected chi connectivity index (χ1v) is 8.39. The van der Waals surface area contributed by atoms with Crippen molar-refractivity contribution in [1.82, 2.24) is 14.2 Å². The van der Waals surface area contributed by atoms with Gasteiger partial charge in [-0.2, -0.15) is 0 Å². The van der Waals surface area contributed by atoms with Gasteiger partial charge < -0.3 is 15.6 Å². The largest absolute Gasteiger partial charge is 0.364 e. The Hall–Kier alpha value is -1.38. The summed E-state index contributed by atoms with van der Waals surface area (Å²) in [5.74, 6) is -0.323. The van der Waals surface area contributed by atoms with E-state index in [4.69, 9.17) is 5.73 Å². The molecule has 1 amide bonds. The summed E-state index contributed by atoms with van der Waals surface area (Å²) in [4.78, 5) is 11.3. The monoisotopic (exact) mass is 314 g/mol. The maximum Gasteiger partial charge on any atom is 0.265 e. The molecule has 1 saturated heterocycles. The molecule has 118 valence electrons. The quantitative estimate of drug-likeness (QED) is 0.783. The van der Waals surface area contributed by atoms with Gasteiger partial charge in [0.2, 0.25) is 10.0 Å². The van der Waals surface area contributed by atoms with Crippen molar-refractivity contribution < 1.29 is 13.2 Å². The summed E-state index contributed by atoms with van der Waals surface area (Å²) in [6.45, 7) is 2.30. The number of nitrogens with one attached hydrogen (secondary N) is 1. The van der Waals surface area contributed by atoms with E-state index in [1.807, 2.05) is 0 Å². The van der Waals surface area contributed by atoms with Crippen molar-refractivity contribution >= 4 is 15.9 Å². The molecule has 0 aliphatic carbocycles. The third-order valence-corrected chi connectivity index (χ3v) is 5.64. The van der Waals surface area contributed by atoms with E-state index in [0.717, 1.165) is 25.9 Å². The third-order valence-electron chi connectivity index (χ3n) is 3.85. The number of hydrogen-bond acceptors (Lipinski definition) is 4. The zero-order valence-electron chi connectivity index (χ0n) is 12.4. The van der Waals surface area contributed by atoms with Crippen molar-refractivity contribution in [1.29, 1.82) is 0 Å². The number of primary amides is 1. The average molecular weight is 314 g/mol. The molecule has 7 nitrogen and oxygen atoms in total. The Morgan fingerprint density at radius 2 is 2.29 bits per heavy atom.